The summed E-state index contributed by atoms with van der Waals surface area (Å²) in [5.41, 5.74) is 9.23. The molecule has 208 valence electrons. The Morgan fingerprint density at radius 2 is 1.30 bits per heavy atom. The first-order valence-corrected chi connectivity index (χ1v) is 15.0. The van der Waals surface area contributed by atoms with Gasteiger partial charge in [-0.3, -0.25) is 0 Å². The van der Waals surface area contributed by atoms with Crippen molar-refractivity contribution in [3.63, 3.8) is 0 Å². The van der Waals surface area contributed by atoms with Gasteiger partial charge in [0.25, 0.3) is 0 Å². The summed E-state index contributed by atoms with van der Waals surface area (Å²) < 4.78 is 0. The van der Waals surface area contributed by atoms with E-state index in [9.17, 15) is 5.26 Å². The Balaban J connectivity index is 0.00000370. The lowest BCUT2D eigenvalue weighted by atomic mass is 9.74. The molecule has 0 amide bonds. The SMILES string of the molecule is CCCCCCC(C#N)(CCCN1CCC(=C2c3ccccc3C=Cc3ccccc32)CC1)c1ccccc1.Cl. The van der Waals surface area contributed by atoms with E-state index in [1.54, 1.807) is 5.57 Å². The minimum absolute atomic E-state index is 0. The number of fused-ring (bicyclic) bond motifs is 2. The molecule has 2 aliphatic rings. The van der Waals surface area contributed by atoms with E-state index in [2.05, 4.69) is 109 Å². The third-order valence-electron chi connectivity index (χ3n) is 8.79. The van der Waals surface area contributed by atoms with Gasteiger partial charge >= 0.3 is 0 Å². The van der Waals surface area contributed by atoms with Crippen LogP contribution >= 0.6 is 12.4 Å². The molecule has 1 aliphatic carbocycles. The van der Waals surface area contributed by atoms with Crippen molar-refractivity contribution in [2.75, 3.05) is 19.6 Å². The average Bonchev–Trinajstić information content (AvgIpc) is 3.16. The molecule has 0 aromatic heterocycles. The standard InChI is InChI=1S/C37H42N2.ClH/c1-2-3-4-12-24-37(29-38,33-16-6-5-7-17-33)25-13-26-39-27-22-32(23-28-39)36-34-18-10-8-14-30(34)20-21-31-15-9-11-19-35(31)36;/h5-11,14-21H,2-4,12-13,22-28H2,1H3;1H. The van der Waals surface area contributed by atoms with Gasteiger partial charge in [-0.25, -0.2) is 0 Å². The molecule has 1 unspecified atom stereocenters. The number of halogens is 1. The predicted molar refractivity (Wildman–Crippen MR) is 172 cm³/mol. The molecule has 40 heavy (non-hydrogen) atoms. The molecule has 1 aliphatic heterocycles. The highest BCUT2D eigenvalue weighted by Crippen LogP contribution is 2.39. The number of piperidine rings is 1. The number of nitriles is 1. The predicted octanol–water partition coefficient (Wildman–Crippen LogP) is 9.70. The first kappa shape index (κ1) is 29.9. The molecule has 3 heteroatoms. The van der Waals surface area contributed by atoms with Crippen LogP contribution in [0.1, 0.15) is 92.5 Å². The van der Waals surface area contributed by atoms with E-state index in [1.807, 2.05) is 0 Å². The number of rotatable bonds is 10. The van der Waals surface area contributed by atoms with Gasteiger partial charge < -0.3 is 4.90 Å². The van der Waals surface area contributed by atoms with E-state index < -0.39 is 0 Å². The summed E-state index contributed by atoms with van der Waals surface area (Å²) in [6.45, 7) is 5.51. The van der Waals surface area contributed by atoms with E-state index in [4.69, 9.17) is 0 Å². The number of nitrogens with zero attached hydrogens (tertiary/aromatic N) is 2. The van der Waals surface area contributed by atoms with Crippen molar-refractivity contribution in [3.05, 3.63) is 112 Å². The zero-order valence-electron chi connectivity index (χ0n) is 23.9. The van der Waals surface area contributed by atoms with E-state index in [1.165, 1.54) is 52.7 Å². The minimum atomic E-state index is -0.362. The Morgan fingerprint density at radius 3 is 1.90 bits per heavy atom. The van der Waals surface area contributed by atoms with Crippen LogP contribution in [0.3, 0.4) is 0 Å². The summed E-state index contributed by atoms with van der Waals surface area (Å²) in [4.78, 5) is 2.63. The molecule has 1 atom stereocenters. The molecule has 1 fully saturated rings. The van der Waals surface area contributed by atoms with Gasteiger partial charge in [0.05, 0.1) is 11.5 Å². The van der Waals surface area contributed by atoms with Crippen molar-refractivity contribution in [1.29, 1.82) is 5.26 Å². The van der Waals surface area contributed by atoms with Crippen molar-refractivity contribution < 1.29 is 0 Å². The third kappa shape index (κ3) is 6.77. The molecule has 1 saturated heterocycles. The number of benzene rings is 3. The number of unbranched alkanes of at least 4 members (excludes halogenated alkanes) is 3. The second-order valence-electron chi connectivity index (χ2n) is 11.3. The molecule has 0 bridgehead atoms. The van der Waals surface area contributed by atoms with Crippen LogP contribution in [0.4, 0.5) is 0 Å². The molecule has 2 nitrogen and oxygen atoms in total. The van der Waals surface area contributed by atoms with Crippen LogP contribution in [0.2, 0.25) is 0 Å². The monoisotopic (exact) mass is 550 g/mol. The molecule has 0 radical (unpaired) electrons. The van der Waals surface area contributed by atoms with Crippen molar-refractivity contribution in [2.24, 2.45) is 0 Å². The second-order valence-corrected chi connectivity index (χ2v) is 11.3. The highest BCUT2D eigenvalue weighted by Gasteiger charge is 2.32. The van der Waals surface area contributed by atoms with Crippen molar-refractivity contribution in [2.45, 2.75) is 70.1 Å². The molecular formula is C37H43ClN2. The molecular weight excluding hydrogens is 508 g/mol. The molecule has 1 heterocycles. The maximum Gasteiger partial charge on any atom is 0.0822 e. The quantitative estimate of drug-likeness (QED) is 0.184. The molecule has 0 N–H and O–H groups in total. The van der Waals surface area contributed by atoms with Gasteiger partial charge in [0.2, 0.25) is 0 Å². The van der Waals surface area contributed by atoms with Crippen LogP contribution in [-0.4, -0.2) is 24.5 Å². The van der Waals surface area contributed by atoms with E-state index in [0.717, 1.165) is 58.2 Å². The summed E-state index contributed by atoms with van der Waals surface area (Å²) in [5, 5.41) is 10.4. The van der Waals surface area contributed by atoms with Crippen molar-refractivity contribution in [1.82, 2.24) is 4.90 Å². The third-order valence-corrected chi connectivity index (χ3v) is 8.79. The lowest BCUT2D eigenvalue weighted by molar-refractivity contribution is 0.243. The van der Waals surface area contributed by atoms with Crippen LogP contribution in [0.15, 0.2) is 84.4 Å². The molecule has 0 spiro atoms. The van der Waals surface area contributed by atoms with Crippen LogP contribution in [0.5, 0.6) is 0 Å². The van der Waals surface area contributed by atoms with Gasteiger partial charge in [-0.15, -0.1) is 12.4 Å². The van der Waals surface area contributed by atoms with Crippen molar-refractivity contribution >= 4 is 30.1 Å². The molecule has 0 saturated carbocycles. The Labute approximate surface area is 247 Å². The van der Waals surface area contributed by atoms with Crippen LogP contribution in [0, 0.1) is 11.3 Å². The average molecular weight is 551 g/mol. The second kappa shape index (κ2) is 14.5. The smallest absolute Gasteiger partial charge is 0.0822 e. The van der Waals surface area contributed by atoms with E-state index in [0.29, 0.717) is 0 Å². The van der Waals surface area contributed by atoms with Gasteiger partial charge in [0, 0.05) is 13.1 Å². The zero-order chi connectivity index (χ0) is 26.9. The normalized spacial score (nSPS) is 16.2. The highest BCUT2D eigenvalue weighted by molar-refractivity contribution is 5.94. The van der Waals surface area contributed by atoms with Gasteiger partial charge in [0.15, 0.2) is 0 Å². The maximum absolute atomic E-state index is 10.4. The van der Waals surface area contributed by atoms with Gasteiger partial charge in [0.1, 0.15) is 0 Å². The zero-order valence-corrected chi connectivity index (χ0v) is 24.8. The van der Waals surface area contributed by atoms with Crippen LogP contribution < -0.4 is 0 Å². The fraction of sp³-hybridized carbons (Fsp3) is 0.378. The van der Waals surface area contributed by atoms with Crippen LogP contribution in [-0.2, 0) is 5.41 Å². The molecule has 5 rings (SSSR count). The summed E-state index contributed by atoms with van der Waals surface area (Å²) in [5.74, 6) is 0. The van der Waals surface area contributed by atoms with E-state index in [-0.39, 0.29) is 17.8 Å². The van der Waals surface area contributed by atoms with Crippen molar-refractivity contribution in [3.8, 4) is 6.07 Å². The van der Waals surface area contributed by atoms with Gasteiger partial charge in [-0.2, -0.15) is 5.26 Å². The first-order valence-electron chi connectivity index (χ1n) is 15.0. The highest BCUT2D eigenvalue weighted by atomic mass is 35.5. The summed E-state index contributed by atoms with van der Waals surface area (Å²) >= 11 is 0. The number of likely N-dealkylation sites (tertiary alicyclic amines) is 1. The lowest BCUT2D eigenvalue weighted by Crippen LogP contribution is -2.33. The Kier molecular flexibility index (Phi) is 10.8. The maximum atomic E-state index is 10.4. The first-order chi connectivity index (χ1) is 19.2. The largest absolute Gasteiger partial charge is 0.303 e. The Morgan fingerprint density at radius 1 is 0.725 bits per heavy atom. The minimum Gasteiger partial charge on any atom is -0.303 e. The topological polar surface area (TPSA) is 27.0 Å². The van der Waals surface area contributed by atoms with Gasteiger partial charge in [-0.1, -0.05) is 129 Å². The van der Waals surface area contributed by atoms with Crippen LogP contribution in [0.25, 0.3) is 17.7 Å². The Hall–Kier alpha value is -3.12. The lowest BCUT2D eigenvalue weighted by Gasteiger charge is -2.32. The summed E-state index contributed by atoms with van der Waals surface area (Å²) in [7, 11) is 0. The number of hydrogen-bond acceptors (Lipinski definition) is 2. The van der Waals surface area contributed by atoms with E-state index >= 15 is 0 Å². The summed E-state index contributed by atoms with van der Waals surface area (Å²) in [6, 6.07) is 31.1. The fourth-order valence-corrected chi connectivity index (χ4v) is 6.55. The molecule has 3 aromatic carbocycles. The van der Waals surface area contributed by atoms with Gasteiger partial charge in [-0.05, 0) is 72.0 Å². The fourth-order valence-electron chi connectivity index (χ4n) is 6.55. The Bertz CT molecular complexity index is 1290. The number of hydrogen-bond donors (Lipinski definition) is 0. The molecule has 3 aromatic rings. The summed E-state index contributed by atoms with van der Waals surface area (Å²) in [6.07, 6.45) is 14.6.